The zero-order chi connectivity index (χ0) is 13.6. The molecule has 1 aromatic carbocycles. The molecule has 0 aliphatic rings. The van der Waals surface area contributed by atoms with Crippen LogP contribution in [0.2, 0.25) is 0 Å². The molecule has 0 aromatic heterocycles. The minimum absolute atomic E-state index is 0.107. The van der Waals surface area contributed by atoms with Crippen LogP contribution in [0.3, 0.4) is 0 Å². The molecule has 0 amide bonds. The van der Waals surface area contributed by atoms with Crippen LogP contribution < -0.4 is 5.32 Å². The van der Waals surface area contributed by atoms with Crippen molar-refractivity contribution in [2.24, 2.45) is 0 Å². The quantitative estimate of drug-likeness (QED) is 0.770. The van der Waals surface area contributed by atoms with Gasteiger partial charge in [-0.2, -0.15) is 0 Å². The van der Waals surface area contributed by atoms with E-state index < -0.39 is 9.84 Å². The van der Waals surface area contributed by atoms with Crippen LogP contribution >= 0.6 is 0 Å². The maximum atomic E-state index is 11.4. The average Bonchev–Trinajstić information content (AvgIpc) is 2.38. The predicted octanol–water partition coefficient (Wildman–Crippen LogP) is 2.13. The largest absolute Gasteiger partial charge is 0.384 e. The number of rotatable bonds is 7. The van der Waals surface area contributed by atoms with Crippen molar-refractivity contribution < 1.29 is 13.2 Å². The lowest BCUT2D eigenvalue weighted by molar-refractivity contribution is 0.0988. The standard InChI is InChI=1S/C13H19NO3S/c1-3-13(15)11-5-7-12(8-6-11)14-9-10-18(16,17)4-2/h5-8,14H,3-4,9-10H2,1-2H3. The number of sulfone groups is 1. The first kappa shape index (κ1) is 14.7. The molecule has 1 rings (SSSR count). The summed E-state index contributed by atoms with van der Waals surface area (Å²) in [6, 6.07) is 7.09. The summed E-state index contributed by atoms with van der Waals surface area (Å²) in [5.74, 6) is 0.396. The van der Waals surface area contributed by atoms with Crippen LogP contribution in [0.25, 0.3) is 0 Å². The number of Topliss-reactive ketones (excluding diaryl/α,β-unsaturated/α-hetero) is 1. The Balaban J connectivity index is 2.52. The van der Waals surface area contributed by atoms with E-state index in [1.807, 2.05) is 6.92 Å². The lowest BCUT2D eigenvalue weighted by atomic mass is 10.1. The second-order valence-corrected chi connectivity index (χ2v) is 6.49. The number of carbonyl (C=O) groups is 1. The fourth-order valence-electron chi connectivity index (χ4n) is 1.47. The molecule has 0 bridgehead atoms. The number of carbonyl (C=O) groups excluding carboxylic acids is 1. The maximum absolute atomic E-state index is 11.4. The van der Waals surface area contributed by atoms with E-state index in [0.29, 0.717) is 18.5 Å². The second-order valence-electron chi connectivity index (χ2n) is 4.02. The van der Waals surface area contributed by atoms with Gasteiger partial charge in [-0.15, -0.1) is 0 Å². The molecule has 0 unspecified atom stereocenters. The van der Waals surface area contributed by atoms with Crippen molar-refractivity contribution in [1.82, 2.24) is 0 Å². The SMILES string of the molecule is CCC(=O)c1ccc(NCCS(=O)(=O)CC)cc1. The molecular weight excluding hydrogens is 250 g/mol. The highest BCUT2D eigenvalue weighted by atomic mass is 32.2. The molecule has 100 valence electrons. The molecule has 5 heteroatoms. The number of nitrogens with one attached hydrogen (secondary N) is 1. The molecule has 1 N–H and O–H groups in total. The van der Waals surface area contributed by atoms with Gasteiger partial charge in [-0.05, 0) is 24.3 Å². The summed E-state index contributed by atoms with van der Waals surface area (Å²) in [4.78, 5) is 11.4. The summed E-state index contributed by atoms with van der Waals surface area (Å²) < 4.78 is 22.6. The van der Waals surface area contributed by atoms with Crippen molar-refractivity contribution >= 4 is 21.3 Å². The number of ketones is 1. The first-order chi connectivity index (χ1) is 8.48. The summed E-state index contributed by atoms with van der Waals surface area (Å²) >= 11 is 0. The Morgan fingerprint density at radius 3 is 2.28 bits per heavy atom. The van der Waals surface area contributed by atoms with Crippen LogP contribution in [0, 0.1) is 0 Å². The van der Waals surface area contributed by atoms with Gasteiger partial charge in [-0.1, -0.05) is 13.8 Å². The Hall–Kier alpha value is -1.36. The van der Waals surface area contributed by atoms with Gasteiger partial charge in [0.25, 0.3) is 0 Å². The van der Waals surface area contributed by atoms with Crippen molar-refractivity contribution in [3.63, 3.8) is 0 Å². The zero-order valence-electron chi connectivity index (χ0n) is 10.8. The van der Waals surface area contributed by atoms with Gasteiger partial charge < -0.3 is 5.32 Å². The van der Waals surface area contributed by atoms with E-state index in [2.05, 4.69) is 5.32 Å². The van der Waals surface area contributed by atoms with E-state index in [1.165, 1.54) is 0 Å². The molecule has 4 nitrogen and oxygen atoms in total. The summed E-state index contributed by atoms with van der Waals surface area (Å²) in [5, 5.41) is 3.03. The van der Waals surface area contributed by atoms with Gasteiger partial charge in [0.15, 0.2) is 15.6 Å². The number of hydrogen-bond donors (Lipinski definition) is 1. The molecule has 0 fully saturated rings. The minimum Gasteiger partial charge on any atom is -0.384 e. The molecule has 0 saturated heterocycles. The van der Waals surface area contributed by atoms with Crippen LogP contribution in [-0.4, -0.2) is 32.3 Å². The van der Waals surface area contributed by atoms with Gasteiger partial charge in [0, 0.05) is 30.0 Å². The molecule has 0 spiro atoms. The van der Waals surface area contributed by atoms with E-state index in [4.69, 9.17) is 0 Å². The monoisotopic (exact) mass is 269 g/mol. The van der Waals surface area contributed by atoms with Gasteiger partial charge in [0.05, 0.1) is 5.75 Å². The topological polar surface area (TPSA) is 63.2 Å². The zero-order valence-corrected chi connectivity index (χ0v) is 11.6. The van der Waals surface area contributed by atoms with Crippen molar-refractivity contribution in [2.45, 2.75) is 20.3 Å². The molecule has 1 aromatic rings. The fraction of sp³-hybridized carbons (Fsp3) is 0.462. The Labute approximate surface area is 108 Å². The highest BCUT2D eigenvalue weighted by Gasteiger charge is 2.06. The van der Waals surface area contributed by atoms with Gasteiger partial charge >= 0.3 is 0 Å². The van der Waals surface area contributed by atoms with Crippen LogP contribution in [0.1, 0.15) is 30.6 Å². The molecule has 0 aliphatic carbocycles. The highest BCUT2D eigenvalue weighted by molar-refractivity contribution is 7.91. The summed E-state index contributed by atoms with van der Waals surface area (Å²) in [6.45, 7) is 3.85. The normalized spacial score (nSPS) is 11.2. The fourth-order valence-corrected chi connectivity index (χ4v) is 2.18. The lowest BCUT2D eigenvalue weighted by Gasteiger charge is -2.07. The van der Waals surface area contributed by atoms with Gasteiger partial charge in [0.1, 0.15) is 0 Å². The smallest absolute Gasteiger partial charge is 0.162 e. The average molecular weight is 269 g/mol. The van der Waals surface area contributed by atoms with E-state index in [-0.39, 0.29) is 17.3 Å². The van der Waals surface area contributed by atoms with Crippen LogP contribution in [0.4, 0.5) is 5.69 Å². The first-order valence-electron chi connectivity index (χ1n) is 6.06. The summed E-state index contributed by atoms with van der Waals surface area (Å²) in [5.41, 5.74) is 1.51. The van der Waals surface area contributed by atoms with Crippen molar-refractivity contribution in [2.75, 3.05) is 23.4 Å². The maximum Gasteiger partial charge on any atom is 0.162 e. The van der Waals surface area contributed by atoms with Gasteiger partial charge in [0.2, 0.25) is 0 Å². The van der Waals surface area contributed by atoms with E-state index >= 15 is 0 Å². The third kappa shape index (κ3) is 4.49. The molecule has 0 heterocycles. The summed E-state index contributed by atoms with van der Waals surface area (Å²) in [7, 11) is -2.93. The third-order valence-corrected chi connectivity index (χ3v) is 4.42. The number of benzene rings is 1. The summed E-state index contributed by atoms with van der Waals surface area (Å²) in [6.07, 6.45) is 0.488. The highest BCUT2D eigenvalue weighted by Crippen LogP contribution is 2.11. The van der Waals surface area contributed by atoms with Gasteiger partial charge in [-0.3, -0.25) is 4.79 Å². The molecule has 18 heavy (non-hydrogen) atoms. The van der Waals surface area contributed by atoms with E-state index in [0.717, 1.165) is 5.69 Å². The Kier molecular flexibility index (Phi) is 5.34. The van der Waals surface area contributed by atoms with Crippen molar-refractivity contribution in [3.8, 4) is 0 Å². The molecular formula is C13H19NO3S. The third-order valence-electron chi connectivity index (χ3n) is 2.71. The lowest BCUT2D eigenvalue weighted by Crippen LogP contribution is -2.17. The Morgan fingerprint density at radius 1 is 1.17 bits per heavy atom. The second kappa shape index (κ2) is 6.54. The van der Waals surface area contributed by atoms with Crippen molar-refractivity contribution in [3.05, 3.63) is 29.8 Å². The van der Waals surface area contributed by atoms with Crippen molar-refractivity contribution in [1.29, 1.82) is 0 Å². The molecule has 0 radical (unpaired) electrons. The van der Waals surface area contributed by atoms with Gasteiger partial charge in [-0.25, -0.2) is 8.42 Å². The Morgan fingerprint density at radius 2 is 1.78 bits per heavy atom. The number of anilines is 1. The van der Waals surface area contributed by atoms with E-state index in [9.17, 15) is 13.2 Å². The van der Waals surface area contributed by atoms with Crippen LogP contribution in [-0.2, 0) is 9.84 Å². The minimum atomic E-state index is -2.93. The van der Waals surface area contributed by atoms with Crippen LogP contribution in [0.5, 0.6) is 0 Å². The number of hydrogen-bond acceptors (Lipinski definition) is 4. The Bertz CT molecular complexity index is 491. The van der Waals surface area contributed by atoms with E-state index in [1.54, 1.807) is 31.2 Å². The molecule has 0 atom stereocenters. The van der Waals surface area contributed by atoms with Crippen LogP contribution in [0.15, 0.2) is 24.3 Å². The molecule has 0 saturated carbocycles. The predicted molar refractivity (Wildman–Crippen MR) is 73.9 cm³/mol. The first-order valence-corrected chi connectivity index (χ1v) is 7.88. The molecule has 0 aliphatic heterocycles.